The van der Waals surface area contributed by atoms with Crippen LogP contribution < -0.4 is 16.4 Å². The van der Waals surface area contributed by atoms with Crippen molar-refractivity contribution in [3.05, 3.63) is 82.3 Å². The monoisotopic (exact) mass is 527 g/mol. The summed E-state index contributed by atoms with van der Waals surface area (Å²) in [4.78, 5) is 32.9. The van der Waals surface area contributed by atoms with Gasteiger partial charge in [-0.1, -0.05) is 18.2 Å². The van der Waals surface area contributed by atoms with Crippen LogP contribution in [0, 0.1) is 6.92 Å². The van der Waals surface area contributed by atoms with Crippen LogP contribution in [0.3, 0.4) is 0 Å². The van der Waals surface area contributed by atoms with E-state index in [0.29, 0.717) is 11.4 Å². The molecule has 0 unspecified atom stereocenters. The van der Waals surface area contributed by atoms with Gasteiger partial charge >= 0.3 is 12.3 Å². The Hall–Kier alpha value is -4.25. The number of halogens is 3. The number of nitrogens with two attached hydrogens (primary N) is 1. The molecular weight excluding hydrogens is 499 g/mol. The van der Waals surface area contributed by atoms with Gasteiger partial charge in [0.25, 0.3) is 5.91 Å². The number of nitrogens with one attached hydrogen (secondary N) is 2. The smallest absolute Gasteiger partial charge is 0.416 e. The first-order valence-electron chi connectivity index (χ1n) is 11.6. The maximum absolute atomic E-state index is 13.3. The van der Waals surface area contributed by atoms with Crippen molar-refractivity contribution in [1.29, 1.82) is 0 Å². The first kappa shape index (κ1) is 28.3. The first-order chi connectivity index (χ1) is 17.7. The largest absolute Gasteiger partial charge is 0.444 e. The third kappa shape index (κ3) is 7.87. The lowest BCUT2D eigenvalue weighted by atomic mass is 10.0. The minimum Gasteiger partial charge on any atom is -0.444 e. The third-order valence-corrected chi connectivity index (χ3v) is 5.17. The summed E-state index contributed by atoms with van der Waals surface area (Å²) in [5.41, 5.74) is 6.15. The Morgan fingerprint density at radius 1 is 1.00 bits per heavy atom. The summed E-state index contributed by atoms with van der Waals surface area (Å²) in [7, 11) is 0. The topological polar surface area (TPSA) is 119 Å². The normalized spacial score (nSPS) is 11.9. The van der Waals surface area contributed by atoms with Gasteiger partial charge in [0.05, 0.1) is 23.7 Å². The summed E-state index contributed by atoms with van der Waals surface area (Å²) < 4.78 is 45.2. The Bertz CT molecular complexity index is 1350. The minimum absolute atomic E-state index is 0.0893. The van der Waals surface area contributed by atoms with Crippen molar-refractivity contribution in [2.75, 3.05) is 10.6 Å². The lowest BCUT2D eigenvalue weighted by molar-refractivity contribution is -0.138. The molecule has 38 heavy (non-hydrogen) atoms. The fourth-order valence-electron chi connectivity index (χ4n) is 3.33. The van der Waals surface area contributed by atoms with Crippen LogP contribution in [0.15, 0.2) is 48.8 Å². The second-order valence-electron chi connectivity index (χ2n) is 9.39. The van der Waals surface area contributed by atoms with Gasteiger partial charge in [-0.05, 0) is 74.7 Å². The number of nitrogens with zero attached hydrogens (tertiary/aromatic N) is 2. The van der Waals surface area contributed by atoms with E-state index in [1.54, 1.807) is 51.1 Å². The lowest BCUT2D eigenvalue weighted by Gasteiger charge is -2.19. The van der Waals surface area contributed by atoms with Crippen LogP contribution in [0.2, 0.25) is 0 Å². The third-order valence-electron chi connectivity index (χ3n) is 5.17. The fourth-order valence-corrected chi connectivity index (χ4v) is 3.33. The number of amides is 2. The fraction of sp³-hybridized carbons (Fsp3) is 0.259. The first-order valence-corrected chi connectivity index (χ1v) is 11.6. The van der Waals surface area contributed by atoms with Gasteiger partial charge in [-0.15, -0.1) is 0 Å². The van der Waals surface area contributed by atoms with E-state index < -0.39 is 29.3 Å². The molecule has 0 spiro atoms. The van der Waals surface area contributed by atoms with Gasteiger partial charge in [-0.2, -0.15) is 13.2 Å². The number of aromatic nitrogens is 2. The second-order valence-corrected chi connectivity index (χ2v) is 9.39. The molecule has 0 atom stereocenters. The molecule has 0 fully saturated rings. The molecule has 0 aliphatic carbocycles. The average molecular weight is 528 g/mol. The highest BCUT2D eigenvalue weighted by Crippen LogP contribution is 2.33. The van der Waals surface area contributed by atoms with E-state index in [1.165, 1.54) is 24.5 Å². The van der Waals surface area contributed by atoms with Crippen molar-refractivity contribution in [1.82, 2.24) is 9.97 Å². The van der Waals surface area contributed by atoms with Crippen molar-refractivity contribution < 1.29 is 27.5 Å². The van der Waals surface area contributed by atoms with Crippen LogP contribution in [-0.4, -0.2) is 27.6 Å². The van der Waals surface area contributed by atoms with E-state index in [1.807, 2.05) is 6.92 Å². The van der Waals surface area contributed by atoms with Gasteiger partial charge in [0.15, 0.2) is 5.82 Å². The summed E-state index contributed by atoms with van der Waals surface area (Å²) in [6.07, 6.45) is 1.04. The molecule has 8 nitrogen and oxygen atoms in total. The molecule has 2 aromatic carbocycles. The number of alkyl halides is 3. The molecule has 0 saturated carbocycles. The zero-order valence-corrected chi connectivity index (χ0v) is 21.3. The molecule has 0 saturated heterocycles. The highest BCUT2D eigenvalue weighted by atomic mass is 19.4. The number of carbonyl (C=O) groups excluding carboxylic acids is 2. The lowest BCUT2D eigenvalue weighted by Crippen LogP contribution is -2.27. The molecule has 3 rings (SSSR count). The van der Waals surface area contributed by atoms with Gasteiger partial charge in [-0.25, -0.2) is 9.78 Å². The quantitative estimate of drug-likeness (QED) is 0.360. The number of anilines is 2. The molecule has 2 amide bonds. The van der Waals surface area contributed by atoms with Crippen molar-refractivity contribution in [3.8, 4) is 0 Å². The molecule has 0 aliphatic rings. The molecule has 4 N–H and O–H groups in total. The Kier molecular flexibility index (Phi) is 8.52. The Labute approximate surface area is 218 Å². The number of benzene rings is 2. The number of hydrogen-bond donors (Lipinski definition) is 3. The minimum atomic E-state index is -4.63. The standard InChI is InChI=1S/C27H28F3N5O3/c1-16-5-9-20(34-24(36)18-6-7-19(13-31)22(12-18)27(28,29)30)11-17(16)8-10-21-14-33-23(15-32-21)35-25(37)38-26(2,3)4/h5-12,14-15H,13,31H2,1-4H3,(H,34,36)(H,33,35,37)/b10-8+. The SMILES string of the molecule is Cc1ccc(NC(=O)c2ccc(CN)c(C(F)(F)F)c2)cc1/C=C/c1cnc(NC(=O)OC(C)(C)C)cn1. The van der Waals surface area contributed by atoms with Crippen LogP contribution in [-0.2, 0) is 17.5 Å². The van der Waals surface area contributed by atoms with Gasteiger partial charge < -0.3 is 15.8 Å². The Morgan fingerprint density at radius 2 is 1.74 bits per heavy atom. The molecular formula is C27H28F3N5O3. The van der Waals surface area contributed by atoms with Crippen molar-refractivity contribution in [2.45, 2.75) is 46.0 Å². The number of rotatable bonds is 6. The van der Waals surface area contributed by atoms with Crippen LogP contribution in [0.25, 0.3) is 12.2 Å². The molecule has 0 bridgehead atoms. The molecule has 1 aromatic heterocycles. The van der Waals surface area contributed by atoms with Crippen LogP contribution in [0.1, 0.15) is 59.1 Å². The van der Waals surface area contributed by atoms with Gasteiger partial charge in [-0.3, -0.25) is 15.1 Å². The van der Waals surface area contributed by atoms with E-state index in [0.717, 1.165) is 17.2 Å². The predicted octanol–water partition coefficient (Wildman–Crippen LogP) is 6.03. The van der Waals surface area contributed by atoms with Gasteiger partial charge in [0.2, 0.25) is 0 Å². The number of aryl methyl sites for hydroxylation is 1. The van der Waals surface area contributed by atoms with E-state index in [4.69, 9.17) is 10.5 Å². The molecule has 11 heteroatoms. The molecule has 1 heterocycles. The zero-order valence-electron chi connectivity index (χ0n) is 21.3. The number of hydrogen-bond acceptors (Lipinski definition) is 6. The Balaban J connectivity index is 1.72. The Morgan fingerprint density at radius 3 is 2.34 bits per heavy atom. The van der Waals surface area contributed by atoms with E-state index in [-0.39, 0.29) is 23.5 Å². The highest BCUT2D eigenvalue weighted by molar-refractivity contribution is 6.04. The van der Waals surface area contributed by atoms with Gasteiger partial charge in [0.1, 0.15) is 5.60 Å². The number of carbonyl (C=O) groups is 2. The summed E-state index contributed by atoms with van der Waals surface area (Å²) in [6.45, 7) is 6.82. The molecule has 0 radical (unpaired) electrons. The van der Waals surface area contributed by atoms with E-state index in [2.05, 4.69) is 20.6 Å². The summed E-state index contributed by atoms with van der Waals surface area (Å²) in [5.74, 6) is -0.456. The predicted molar refractivity (Wildman–Crippen MR) is 139 cm³/mol. The summed E-state index contributed by atoms with van der Waals surface area (Å²) in [5, 5.41) is 5.13. The van der Waals surface area contributed by atoms with Crippen molar-refractivity contribution in [2.24, 2.45) is 5.73 Å². The molecule has 3 aromatic rings. The highest BCUT2D eigenvalue weighted by Gasteiger charge is 2.33. The zero-order chi connectivity index (χ0) is 28.1. The van der Waals surface area contributed by atoms with Crippen LogP contribution in [0.5, 0.6) is 0 Å². The van der Waals surface area contributed by atoms with E-state index >= 15 is 0 Å². The van der Waals surface area contributed by atoms with Crippen LogP contribution in [0.4, 0.5) is 29.5 Å². The van der Waals surface area contributed by atoms with Crippen LogP contribution >= 0.6 is 0 Å². The molecule has 0 aliphatic heterocycles. The van der Waals surface area contributed by atoms with Crippen molar-refractivity contribution in [3.63, 3.8) is 0 Å². The summed E-state index contributed by atoms with van der Waals surface area (Å²) >= 11 is 0. The maximum Gasteiger partial charge on any atom is 0.416 e. The van der Waals surface area contributed by atoms with Crippen molar-refractivity contribution >= 4 is 35.7 Å². The van der Waals surface area contributed by atoms with E-state index in [9.17, 15) is 22.8 Å². The molecule has 200 valence electrons. The number of ether oxygens (including phenoxy) is 1. The summed E-state index contributed by atoms with van der Waals surface area (Å²) in [6, 6.07) is 8.42. The second kappa shape index (κ2) is 11.4. The average Bonchev–Trinajstić information content (AvgIpc) is 2.83. The van der Waals surface area contributed by atoms with Gasteiger partial charge in [0, 0.05) is 17.8 Å². The maximum atomic E-state index is 13.3.